The lowest BCUT2D eigenvalue weighted by molar-refractivity contribution is 0.137. The third-order valence-electron chi connectivity index (χ3n) is 1.76. The van der Waals surface area contributed by atoms with Gasteiger partial charge in [0.25, 0.3) is 0 Å². The molecule has 0 aromatic carbocycles. The minimum atomic E-state index is -0.397. The summed E-state index contributed by atoms with van der Waals surface area (Å²) in [5, 5.41) is 18.0. The molecule has 50 valence electrons. The molecule has 3 atom stereocenters. The van der Waals surface area contributed by atoms with E-state index in [0.29, 0.717) is 6.42 Å². The quantitative estimate of drug-likeness (QED) is 0.450. The molecular formula is C6H8O3. The summed E-state index contributed by atoms with van der Waals surface area (Å²) in [6.45, 7) is 0. The molecule has 1 aliphatic heterocycles. The van der Waals surface area contributed by atoms with Gasteiger partial charge in [0.05, 0.1) is 6.10 Å². The molecule has 2 aliphatic rings. The number of aliphatic hydroxyl groups is 2. The number of rotatable bonds is 0. The van der Waals surface area contributed by atoms with E-state index >= 15 is 0 Å². The smallest absolute Gasteiger partial charge is 0.143 e. The van der Waals surface area contributed by atoms with Crippen molar-refractivity contribution in [2.45, 2.75) is 24.7 Å². The van der Waals surface area contributed by atoms with Gasteiger partial charge in [0.15, 0.2) is 0 Å². The lowest BCUT2D eigenvalue weighted by Gasteiger charge is -2.07. The van der Waals surface area contributed by atoms with Crippen molar-refractivity contribution in [3.63, 3.8) is 0 Å². The molecule has 3 nitrogen and oxygen atoms in total. The van der Waals surface area contributed by atoms with Crippen molar-refractivity contribution in [1.82, 2.24) is 0 Å². The van der Waals surface area contributed by atoms with Crippen LogP contribution < -0.4 is 0 Å². The Hall–Kier alpha value is -0.540. The van der Waals surface area contributed by atoms with E-state index in [2.05, 4.69) is 0 Å². The van der Waals surface area contributed by atoms with Crippen molar-refractivity contribution in [2.24, 2.45) is 0 Å². The number of fused-ring (bicyclic) bond motifs is 1. The van der Waals surface area contributed by atoms with Crippen molar-refractivity contribution in [3.05, 3.63) is 11.8 Å². The van der Waals surface area contributed by atoms with Crippen LogP contribution in [0.2, 0.25) is 0 Å². The Morgan fingerprint density at radius 2 is 2.44 bits per heavy atom. The Balaban J connectivity index is 2.17. The van der Waals surface area contributed by atoms with Crippen LogP contribution in [0.4, 0.5) is 0 Å². The highest BCUT2D eigenvalue weighted by Crippen LogP contribution is 2.35. The third kappa shape index (κ3) is 0.653. The van der Waals surface area contributed by atoms with E-state index in [1.165, 1.54) is 0 Å². The lowest BCUT2D eigenvalue weighted by atomic mass is 10.0. The second kappa shape index (κ2) is 1.49. The molecule has 0 aromatic rings. The first-order chi connectivity index (χ1) is 4.29. The average molecular weight is 128 g/mol. The summed E-state index contributed by atoms with van der Waals surface area (Å²) in [5.74, 6) is 0.283. The molecule has 1 saturated heterocycles. The Labute approximate surface area is 52.6 Å². The molecule has 0 spiro atoms. The van der Waals surface area contributed by atoms with Gasteiger partial charge in [-0.05, 0) is 12.5 Å². The van der Waals surface area contributed by atoms with Gasteiger partial charge in [0, 0.05) is 0 Å². The average Bonchev–Trinajstić information content (AvgIpc) is 2.57. The van der Waals surface area contributed by atoms with Crippen molar-refractivity contribution >= 4 is 0 Å². The topological polar surface area (TPSA) is 53.0 Å². The van der Waals surface area contributed by atoms with Crippen LogP contribution in [0.1, 0.15) is 6.42 Å². The minimum absolute atomic E-state index is 0.116. The number of hydrogen-bond acceptors (Lipinski definition) is 3. The molecule has 1 aliphatic carbocycles. The molecule has 0 bridgehead atoms. The van der Waals surface area contributed by atoms with Crippen molar-refractivity contribution in [1.29, 1.82) is 0 Å². The van der Waals surface area contributed by atoms with Crippen LogP contribution in [0.25, 0.3) is 0 Å². The predicted molar refractivity (Wildman–Crippen MR) is 30.0 cm³/mol. The van der Waals surface area contributed by atoms with Gasteiger partial charge in [0.2, 0.25) is 0 Å². The van der Waals surface area contributed by atoms with E-state index in [1.807, 2.05) is 0 Å². The highest BCUT2D eigenvalue weighted by atomic mass is 16.6. The van der Waals surface area contributed by atoms with E-state index in [4.69, 9.17) is 14.9 Å². The van der Waals surface area contributed by atoms with Crippen LogP contribution in [0.3, 0.4) is 0 Å². The van der Waals surface area contributed by atoms with Crippen molar-refractivity contribution < 1.29 is 14.9 Å². The van der Waals surface area contributed by atoms with E-state index in [9.17, 15) is 0 Å². The van der Waals surface area contributed by atoms with Gasteiger partial charge in [-0.15, -0.1) is 0 Å². The van der Waals surface area contributed by atoms with Crippen LogP contribution >= 0.6 is 0 Å². The highest BCUT2D eigenvalue weighted by Gasteiger charge is 2.49. The van der Waals surface area contributed by atoms with Crippen molar-refractivity contribution in [2.75, 3.05) is 0 Å². The summed E-state index contributed by atoms with van der Waals surface area (Å²) in [5.41, 5.74) is 0. The van der Waals surface area contributed by atoms with Crippen LogP contribution in [0.15, 0.2) is 11.8 Å². The van der Waals surface area contributed by atoms with E-state index in [0.717, 1.165) is 0 Å². The summed E-state index contributed by atoms with van der Waals surface area (Å²) in [6.07, 6.45) is 1.43. The molecule has 2 N–H and O–H groups in total. The van der Waals surface area contributed by atoms with Gasteiger partial charge >= 0.3 is 0 Å². The number of ether oxygens (including phenoxy) is 1. The zero-order chi connectivity index (χ0) is 6.43. The first-order valence-electron chi connectivity index (χ1n) is 3.01. The Morgan fingerprint density at radius 3 is 3.11 bits per heavy atom. The second-order valence-electron chi connectivity index (χ2n) is 2.45. The van der Waals surface area contributed by atoms with Crippen LogP contribution in [0, 0.1) is 0 Å². The number of hydrogen-bond donors (Lipinski definition) is 2. The first kappa shape index (κ1) is 5.26. The fraction of sp³-hybridized carbons (Fsp3) is 0.667. The Bertz CT molecular complexity index is 164. The predicted octanol–water partition coefficient (Wildman–Crippen LogP) is -0.0397. The van der Waals surface area contributed by atoms with E-state index in [1.54, 1.807) is 6.08 Å². The molecule has 0 radical (unpaired) electrons. The molecule has 3 heteroatoms. The summed E-state index contributed by atoms with van der Waals surface area (Å²) in [6, 6.07) is 0. The molecule has 9 heavy (non-hydrogen) atoms. The zero-order valence-corrected chi connectivity index (χ0v) is 4.82. The van der Waals surface area contributed by atoms with Gasteiger partial charge in [0.1, 0.15) is 18.0 Å². The standard InChI is InChI=1S/C6H8O3/c7-3-1-2-4(8)6-5(3)9-6/h1,4-8H,2H2/t4-,5+,6-/m0/s1. The van der Waals surface area contributed by atoms with Gasteiger partial charge < -0.3 is 14.9 Å². The molecule has 0 saturated carbocycles. The fourth-order valence-corrected chi connectivity index (χ4v) is 1.15. The molecule has 1 heterocycles. The summed E-state index contributed by atoms with van der Waals surface area (Å²) < 4.78 is 4.93. The van der Waals surface area contributed by atoms with Gasteiger partial charge in [-0.3, -0.25) is 0 Å². The van der Waals surface area contributed by atoms with E-state index in [-0.39, 0.29) is 18.0 Å². The summed E-state index contributed by atoms with van der Waals surface area (Å²) in [4.78, 5) is 0. The normalized spacial score (nSPS) is 47.7. The zero-order valence-electron chi connectivity index (χ0n) is 4.82. The summed E-state index contributed by atoms with van der Waals surface area (Å²) >= 11 is 0. The first-order valence-corrected chi connectivity index (χ1v) is 3.01. The number of epoxide rings is 1. The SMILES string of the molecule is OC1=CC[C@H](O)[C@@H]2O[C@H]12. The second-order valence-corrected chi connectivity index (χ2v) is 2.45. The maximum atomic E-state index is 9.06. The van der Waals surface area contributed by atoms with Gasteiger partial charge in [-0.1, -0.05) is 0 Å². The Kier molecular flexibility index (Phi) is 0.870. The number of aliphatic hydroxyl groups excluding tert-OH is 2. The molecule has 2 rings (SSSR count). The van der Waals surface area contributed by atoms with Crippen LogP contribution in [-0.4, -0.2) is 28.5 Å². The van der Waals surface area contributed by atoms with Crippen LogP contribution in [-0.2, 0) is 4.74 Å². The fourth-order valence-electron chi connectivity index (χ4n) is 1.15. The van der Waals surface area contributed by atoms with Crippen LogP contribution in [0.5, 0.6) is 0 Å². The molecule has 0 aromatic heterocycles. The maximum Gasteiger partial charge on any atom is 0.143 e. The highest BCUT2D eigenvalue weighted by molar-refractivity contribution is 5.16. The molecular weight excluding hydrogens is 120 g/mol. The summed E-state index contributed by atoms with van der Waals surface area (Å²) in [7, 11) is 0. The minimum Gasteiger partial charge on any atom is -0.510 e. The molecule has 0 amide bonds. The third-order valence-corrected chi connectivity index (χ3v) is 1.76. The molecule has 1 fully saturated rings. The van der Waals surface area contributed by atoms with Gasteiger partial charge in [-0.2, -0.15) is 0 Å². The maximum absolute atomic E-state index is 9.06. The molecule has 0 unspecified atom stereocenters. The van der Waals surface area contributed by atoms with Crippen molar-refractivity contribution in [3.8, 4) is 0 Å². The lowest BCUT2D eigenvalue weighted by Crippen LogP contribution is -2.20. The van der Waals surface area contributed by atoms with Gasteiger partial charge in [-0.25, -0.2) is 0 Å². The largest absolute Gasteiger partial charge is 0.510 e. The Morgan fingerprint density at radius 1 is 1.67 bits per heavy atom. The van der Waals surface area contributed by atoms with E-state index < -0.39 is 6.10 Å². The monoisotopic (exact) mass is 128 g/mol.